The third-order valence-electron chi connectivity index (χ3n) is 5.46. The molecule has 1 aliphatic carbocycles. The molecule has 33 heavy (non-hydrogen) atoms. The quantitative estimate of drug-likeness (QED) is 0.469. The van der Waals surface area contributed by atoms with Gasteiger partial charge in [-0.1, -0.05) is 19.1 Å². The fraction of sp³-hybridized carbons (Fsp3) is 0.500. The van der Waals surface area contributed by atoms with Gasteiger partial charge in [-0.2, -0.15) is 26.3 Å². The average Bonchev–Trinajstić information content (AvgIpc) is 2.72. The molecule has 1 fully saturated rings. The maximum Gasteiger partial charge on any atom is 0.416 e. The standard InChI is InChI=1S/C22H21F7O.C2H7N/c1-13-2-7-20(19(8-13)15-3-5-18(23)6-4-15)30-12-14-9-16(21(24,25)26)11-17(10-14)22(27,28)29;1-3-2/h3-6,9-11,13,19-20H,2,7-8,12H2,1H3;3H,1-2H3/t13-,19?,20+;/m1./s1. The van der Waals surface area contributed by atoms with Crippen LogP contribution in [-0.4, -0.2) is 20.2 Å². The summed E-state index contributed by atoms with van der Waals surface area (Å²) >= 11 is 0. The van der Waals surface area contributed by atoms with Gasteiger partial charge in [-0.05, 0) is 80.7 Å². The van der Waals surface area contributed by atoms with Gasteiger partial charge in [0.25, 0.3) is 0 Å². The summed E-state index contributed by atoms with van der Waals surface area (Å²) < 4.78 is 97.4. The number of alkyl halides is 6. The van der Waals surface area contributed by atoms with Crippen LogP contribution in [0.1, 0.15) is 54.4 Å². The van der Waals surface area contributed by atoms with Crippen LogP contribution in [0, 0.1) is 11.7 Å². The monoisotopic (exact) mass is 479 g/mol. The van der Waals surface area contributed by atoms with Gasteiger partial charge >= 0.3 is 12.4 Å². The Morgan fingerprint density at radius 2 is 1.39 bits per heavy atom. The fourth-order valence-electron chi connectivity index (χ4n) is 3.92. The van der Waals surface area contributed by atoms with Gasteiger partial charge in [-0.15, -0.1) is 0 Å². The minimum absolute atomic E-state index is 0.104. The minimum Gasteiger partial charge on any atom is -0.373 e. The molecule has 9 heteroatoms. The molecule has 1 saturated carbocycles. The molecule has 2 nitrogen and oxygen atoms in total. The maximum absolute atomic E-state index is 13.3. The Kier molecular flexibility index (Phi) is 9.31. The van der Waals surface area contributed by atoms with Crippen LogP contribution in [0.4, 0.5) is 30.7 Å². The molecule has 0 aromatic heterocycles. The van der Waals surface area contributed by atoms with Crippen molar-refractivity contribution in [3.05, 3.63) is 70.5 Å². The second kappa shape index (κ2) is 11.3. The van der Waals surface area contributed by atoms with Crippen LogP contribution < -0.4 is 5.32 Å². The summed E-state index contributed by atoms with van der Waals surface area (Å²) in [5.74, 6) is -0.115. The highest BCUT2D eigenvalue weighted by molar-refractivity contribution is 5.33. The van der Waals surface area contributed by atoms with Crippen molar-refractivity contribution in [2.45, 2.75) is 57.2 Å². The molecule has 0 spiro atoms. The second-order valence-electron chi connectivity index (χ2n) is 8.34. The molecule has 2 aromatic rings. The molecular formula is C24H28F7NO. The van der Waals surface area contributed by atoms with E-state index in [0.717, 1.165) is 18.4 Å². The molecule has 0 saturated heterocycles. The molecule has 0 aliphatic heterocycles. The summed E-state index contributed by atoms with van der Waals surface area (Å²) in [6.45, 7) is 1.69. The molecule has 1 N–H and O–H groups in total. The van der Waals surface area contributed by atoms with Gasteiger partial charge < -0.3 is 10.1 Å². The van der Waals surface area contributed by atoms with Crippen LogP contribution in [0.5, 0.6) is 0 Å². The highest BCUT2D eigenvalue weighted by atomic mass is 19.4. The average molecular weight is 479 g/mol. The number of hydrogen-bond acceptors (Lipinski definition) is 2. The first-order valence-electron chi connectivity index (χ1n) is 10.6. The Morgan fingerprint density at radius 1 is 0.879 bits per heavy atom. The van der Waals surface area contributed by atoms with Gasteiger partial charge in [0.15, 0.2) is 0 Å². The molecular weight excluding hydrogens is 451 g/mol. The van der Waals surface area contributed by atoms with Crippen LogP contribution in [0.25, 0.3) is 0 Å². The first-order valence-corrected chi connectivity index (χ1v) is 10.6. The van der Waals surface area contributed by atoms with Crippen molar-refractivity contribution in [2.75, 3.05) is 14.1 Å². The lowest BCUT2D eigenvalue weighted by Crippen LogP contribution is -2.29. The number of halogens is 7. The van der Waals surface area contributed by atoms with Crippen LogP contribution in [-0.2, 0) is 23.7 Å². The van der Waals surface area contributed by atoms with Crippen molar-refractivity contribution in [1.82, 2.24) is 5.32 Å². The summed E-state index contributed by atoms with van der Waals surface area (Å²) in [5, 5.41) is 2.75. The molecule has 3 rings (SSSR count). The van der Waals surface area contributed by atoms with E-state index in [2.05, 4.69) is 12.2 Å². The number of ether oxygens (including phenoxy) is 1. The summed E-state index contributed by atoms with van der Waals surface area (Å²) in [5.41, 5.74) is -2.06. The molecule has 0 bridgehead atoms. The predicted octanol–water partition coefficient (Wildman–Crippen LogP) is 7.19. The minimum atomic E-state index is -4.90. The third-order valence-corrected chi connectivity index (χ3v) is 5.46. The van der Waals surface area contributed by atoms with Crippen LogP contribution in [0.3, 0.4) is 0 Å². The molecule has 184 valence electrons. The number of nitrogens with one attached hydrogen (secondary N) is 1. The Morgan fingerprint density at radius 3 is 1.88 bits per heavy atom. The summed E-state index contributed by atoms with van der Waals surface area (Å²) in [6.07, 6.45) is -7.98. The van der Waals surface area contributed by atoms with Gasteiger partial charge in [0.05, 0.1) is 23.8 Å². The molecule has 0 radical (unpaired) electrons. The number of hydrogen-bond donors (Lipinski definition) is 1. The lowest BCUT2D eigenvalue weighted by atomic mass is 9.76. The Hall–Kier alpha value is -2.13. The zero-order chi connectivity index (χ0) is 24.8. The van der Waals surface area contributed by atoms with E-state index in [9.17, 15) is 30.7 Å². The molecule has 2 aromatic carbocycles. The van der Waals surface area contributed by atoms with Crippen LogP contribution in [0.15, 0.2) is 42.5 Å². The van der Waals surface area contributed by atoms with Gasteiger partial charge in [0.2, 0.25) is 0 Å². The van der Waals surface area contributed by atoms with E-state index in [-0.39, 0.29) is 36.1 Å². The summed E-state index contributed by atoms with van der Waals surface area (Å²) in [6, 6.07) is 7.41. The van der Waals surface area contributed by atoms with E-state index < -0.39 is 23.5 Å². The normalized spacial score (nSPS) is 21.3. The summed E-state index contributed by atoms with van der Waals surface area (Å²) in [7, 11) is 3.75. The van der Waals surface area contributed by atoms with E-state index in [4.69, 9.17) is 4.74 Å². The van der Waals surface area contributed by atoms with E-state index in [1.54, 1.807) is 12.1 Å². The highest BCUT2D eigenvalue weighted by Crippen LogP contribution is 2.40. The van der Waals surface area contributed by atoms with E-state index in [1.807, 2.05) is 14.1 Å². The first-order chi connectivity index (χ1) is 15.3. The van der Waals surface area contributed by atoms with Gasteiger partial charge in [-0.3, -0.25) is 0 Å². The van der Waals surface area contributed by atoms with Crippen molar-refractivity contribution in [3.63, 3.8) is 0 Å². The third kappa shape index (κ3) is 7.99. The number of rotatable bonds is 4. The van der Waals surface area contributed by atoms with Crippen LogP contribution in [0.2, 0.25) is 0 Å². The topological polar surface area (TPSA) is 21.3 Å². The zero-order valence-electron chi connectivity index (χ0n) is 18.7. The smallest absolute Gasteiger partial charge is 0.373 e. The number of benzene rings is 2. The van der Waals surface area contributed by atoms with Crippen molar-refractivity contribution in [1.29, 1.82) is 0 Å². The molecule has 1 aliphatic rings. The molecule has 3 atom stereocenters. The highest BCUT2D eigenvalue weighted by Gasteiger charge is 2.37. The van der Waals surface area contributed by atoms with Gasteiger partial charge in [0.1, 0.15) is 5.82 Å². The molecule has 0 amide bonds. The SMILES string of the molecule is CNC.C[C@@H]1CC[C@H](OCc2cc(C(F)(F)F)cc(C(F)(F)F)c2)C(c2ccc(F)cc2)C1. The van der Waals surface area contributed by atoms with Crippen molar-refractivity contribution in [2.24, 2.45) is 5.92 Å². The zero-order valence-corrected chi connectivity index (χ0v) is 18.7. The molecule has 1 unspecified atom stereocenters. The maximum atomic E-state index is 13.3. The lowest BCUT2D eigenvalue weighted by molar-refractivity contribution is -0.143. The fourth-order valence-corrected chi connectivity index (χ4v) is 3.92. The van der Waals surface area contributed by atoms with Gasteiger partial charge in [0, 0.05) is 5.92 Å². The van der Waals surface area contributed by atoms with Crippen molar-refractivity contribution >= 4 is 0 Å². The van der Waals surface area contributed by atoms with Crippen molar-refractivity contribution in [3.8, 4) is 0 Å². The largest absolute Gasteiger partial charge is 0.416 e. The Bertz CT molecular complexity index is 846. The Balaban J connectivity index is 0.00000122. The Labute approximate surface area is 189 Å². The lowest BCUT2D eigenvalue weighted by Gasteiger charge is -2.35. The van der Waals surface area contributed by atoms with Crippen molar-refractivity contribution < 1.29 is 35.5 Å². The second-order valence-corrected chi connectivity index (χ2v) is 8.34. The first kappa shape index (κ1) is 27.1. The van der Waals surface area contributed by atoms with E-state index in [0.29, 0.717) is 24.5 Å². The molecule has 0 heterocycles. The van der Waals surface area contributed by atoms with E-state index >= 15 is 0 Å². The predicted molar refractivity (Wildman–Crippen MR) is 112 cm³/mol. The van der Waals surface area contributed by atoms with Gasteiger partial charge in [-0.25, -0.2) is 4.39 Å². The summed E-state index contributed by atoms with van der Waals surface area (Å²) in [4.78, 5) is 0. The van der Waals surface area contributed by atoms with E-state index in [1.165, 1.54) is 12.1 Å². The van der Waals surface area contributed by atoms with Crippen LogP contribution >= 0.6 is 0 Å².